The van der Waals surface area contributed by atoms with Gasteiger partial charge in [0, 0.05) is 30.0 Å². The number of nitrogens with one attached hydrogen (secondary N) is 1. The molecule has 1 saturated heterocycles. The first-order valence-corrected chi connectivity index (χ1v) is 13.5. The Labute approximate surface area is 204 Å². The molecule has 4 rings (SSSR count). The van der Waals surface area contributed by atoms with E-state index >= 15 is 0 Å². The normalized spacial score (nSPS) is 15.3. The van der Waals surface area contributed by atoms with E-state index in [9.17, 15) is 18.0 Å². The Morgan fingerprint density at radius 1 is 1.15 bits per heavy atom. The zero-order valence-electron chi connectivity index (χ0n) is 17.5. The number of carbonyl (C=O) groups is 2. The van der Waals surface area contributed by atoms with E-state index in [-0.39, 0.29) is 29.1 Å². The van der Waals surface area contributed by atoms with Gasteiger partial charge in [0.15, 0.2) is 5.13 Å². The van der Waals surface area contributed by atoms with Crippen molar-refractivity contribution in [1.82, 2.24) is 9.29 Å². The van der Waals surface area contributed by atoms with Crippen molar-refractivity contribution in [3.8, 4) is 11.3 Å². The van der Waals surface area contributed by atoms with Crippen molar-refractivity contribution in [2.45, 2.75) is 17.1 Å². The highest BCUT2D eigenvalue weighted by molar-refractivity contribution is 7.91. The average Bonchev–Trinajstić information content (AvgIpc) is 3.48. The first-order valence-electron chi connectivity index (χ1n) is 9.98. The maximum absolute atomic E-state index is 12.7. The van der Waals surface area contributed by atoms with Crippen molar-refractivity contribution in [3.05, 3.63) is 51.7 Å². The molecular weight excluding hydrogens is 506 g/mol. The third-order valence-corrected chi connectivity index (χ3v) is 9.66. The smallest absolute Gasteiger partial charge is 0.337 e. The molecule has 2 aromatic heterocycles. The van der Waals surface area contributed by atoms with Crippen molar-refractivity contribution >= 4 is 61.3 Å². The van der Waals surface area contributed by atoms with Crippen LogP contribution in [0, 0.1) is 5.92 Å². The number of ether oxygens (including phenoxy) is 1. The zero-order chi connectivity index (χ0) is 23.6. The standard InChI is InChI=1S/C21H20ClN3O5S3/c1-30-20(27)15-4-2-13(3-5-15)16-12-31-21(23-16)24-19(26)14-8-10-25(11-9-14)33(28,29)18-7-6-17(22)32-18/h2-7,12,14H,8-11H2,1H3,(H,23,24,26). The number of piperidine rings is 1. The Morgan fingerprint density at radius 2 is 1.85 bits per heavy atom. The van der Waals surface area contributed by atoms with E-state index in [4.69, 9.17) is 16.3 Å². The summed E-state index contributed by atoms with van der Waals surface area (Å²) in [4.78, 5) is 28.7. The van der Waals surface area contributed by atoms with Gasteiger partial charge < -0.3 is 10.1 Å². The summed E-state index contributed by atoms with van der Waals surface area (Å²) in [6, 6.07) is 9.92. The van der Waals surface area contributed by atoms with Gasteiger partial charge in [0.05, 0.1) is 22.7 Å². The van der Waals surface area contributed by atoms with Gasteiger partial charge in [-0.25, -0.2) is 18.2 Å². The SMILES string of the molecule is COC(=O)c1ccc(-c2csc(NC(=O)C3CCN(S(=O)(=O)c4ccc(Cl)s4)CC3)n2)cc1. The molecule has 0 aliphatic carbocycles. The second kappa shape index (κ2) is 9.90. The predicted molar refractivity (Wildman–Crippen MR) is 128 cm³/mol. The van der Waals surface area contributed by atoms with Crippen molar-refractivity contribution in [1.29, 1.82) is 0 Å². The number of amides is 1. The Hall–Kier alpha value is -2.31. The Bertz CT molecular complexity index is 1260. The molecule has 0 radical (unpaired) electrons. The van der Waals surface area contributed by atoms with Crippen LogP contribution in [0.2, 0.25) is 4.34 Å². The van der Waals surface area contributed by atoms with Crippen LogP contribution in [0.15, 0.2) is 46.0 Å². The fraction of sp³-hybridized carbons (Fsp3) is 0.286. The van der Waals surface area contributed by atoms with E-state index in [1.165, 1.54) is 28.8 Å². The third kappa shape index (κ3) is 5.28. The molecule has 0 atom stereocenters. The lowest BCUT2D eigenvalue weighted by molar-refractivity contribution is -0.120. The van der Waals surface area contributed by atoms with Crippen LogP contribution in [0.4, 0.5) is 5.13 Å². The summed E-state index contributed by atoms with van der Waals surface area (Å²) in [5, 5.41) is 5.13. The molecular formula is C21H20ClN3O5S3. The number of rotatable bonds is 6. The van der Waals surface area contributed by atoms with E-state index < -0.39 is 16.0 Å². The first kappa shape index (κ1) is 23.8. The number of sulfonamides is 1. The van der Waals surface area contributed by atoms with E-state index in [2.05, 4.69) is 10.3 Å². The minimum Gasteiger partial charge on any atom is -0.465 e. The molecule has 174 valence electrons. The molecule has 1 N–H and O–H groups in total. The largest absolute Gasteiger partial charge is 0.465 e. The van der Waals surface area contributed by atoms with Gasteiger partial charge in [-0.05, 0) is 37.1 Å². The highest BCUT2D eigenvalue weighted by atomic mass is 35.5. The van der Waals surface area contributed by atoms with E-state index in [1.54, 1.807) is 30.3 Å². The molecule has 12 heteroatoms. The van der Waals surface area contributed by atoms with Crippen LogP contribution in [0.1, 0.15) is 23.2 Å². The third-order valence-electron chi connectivity index (χ3n) is 5.30. The lowest BCUT2D eigenvalue weighted by Crippen LogP contribution is -2.41. The summed E-state index contributed by atoms with van der Waals surface area (Å²) >= 11 is 8.20. The Balaban J connectivity index is 1.34. The van der Waals surface area contributed by atoms with E-state index in [1.807, 2.05) is 5.38 Å². The lowest BCUT2D eigenvalue weighted by Gasteiger charge is -2.29. The molecule has 8 nitrogen and oxygen atoms in total. The number of nitrogens with zero attached hydrogens (tertiary/aromatic N) is 2. The summed E-state index contributed by atoms with van der Waals surface area (Å²) in [7, 11) is -2.26. The number of hydrogen-bond acceptors (Lipinski definition) is 8. The molecule has 1 aromatic carbocycles. The molecule has 1 aliphatic heterocycles. The quantitative estimate of drug-likeness (QED) is 0.479. The van der Waals surface area contributed by atoms with Gasteiger partial charge in [0.1, 0.15) is 4.21 Å². The molecule has 0 bridgehead atoms. The van der Waals surface area contributed by atoms with Crippen LogP contribution in [0.3, 0.4) is 0 Å². The van der Waals surface area contributed by atoms with E-state index in [0.29, 0.717) is 33.6 Å². The van der Waals surface area contributed by atoms with Gasteiger partial charge in [-0.1, -0.05) is 23.7 Å². The molecule has 1 fully saturated rings. The molecule has 3 heterocycles. The number of thiazole rings is 1. The molecule has 1 aliphatic rings. The number of aromatic nitrogens is 1. The van der Waals surface area contributed by atoms with Crippen molar-refractivity contribution in [3.63, 3.8) is 0 Å². The van der Waals surface area contributed by atoms with Gasteiger partial charge in [-0.15, -0.1) is 22.7 Å². The number of halogens is 1. The number of anilines is 1. The Morgan fingerprint density at radius 3 is 2.45 bits per heavy atom. The van der Waals surface area contributed by atoms with Gasteiger partial charge in [-0.2, -0.15) is 4.31 Å². The maximum Gasteiger partial charge on any atom is 0.337 e. The maximum atomic E-state index is 12.7. The number of esters is 1. The summed E-state index contributed by atoms with van der Waals surface area (Å²) in [6.07, 6.45) is 0.856. The van der Waals surface area contributed by atoms with Crippen LogP contribution in [0.25, 0.3) is 11.3 Å². The monoisotopic (exact) mass is 525 g/mol. The van der Waals surface area contributed by atoms with Crippen molar-refractivity contribution < 1.29 is 22.7 Å². The number of hydrogen-bond donors (Lipinski definition) is 1. The highest BCUT2D eigenvalue weighted by Crippen LogP contribution is 2.31. The second-order valence-electron chi connectivity index (χ2n) is 7.33. The molecule has 33 heavy (non-hydrogen) atoms. The van der Waals surface area contributed by atoms with E-state index in [0.717, 1.165) is 16.9 Å². The van der Waals surface area contributed by atoms with Crippen molar-refractivity contribution in [2.75, 3.05) is 25.5 Å². The van der Waals surface area contributed by atoms with Crippen LogP contribution in [0.5, 0.6) is 0 Å². The lowest BCUT2D eigenvalue weighted by atomic mass is 9.97. The van der Waals surface area contributed by atoms with Crippen LogP contribution in [-0.4, -0.2) is 49.8 Å². The number of thiophene rings is 1. The number of carbonyl (C=O) groups excluding carboxylic acids is 2. The van der Waals surface area contributed by atoms with Crippen LogP contribution in [-0.2, 0) is 19.6 Å². The predicted octanol–water partition coefficient (Wildman–Crippen LogP) is 4.35. The fourth-order valence-corrected chi connectivity index (χ4v) is 7.32. The Kier molecular flexibility index (Phi) is 7.15. The summed E-state index contributed by atoms with van der Waals surface area (Å²) in [5.74, 6) is -0.881. The molecule has 1 amide bonds. The average molecular weight is 526 g/mol. The first-order chi connectivity index (χ1) is 15.8. The second-order valence-corrected chi connectivity index (χ2v) is 12.1. The summed E-state index contributed by atoms with van der Waals surface area (Å²) in [6.45, 7) is 0.539. The molecule has 0 unspecified atom stereocenters. The minimum atomic E-state index is -3.59. The molecule has 0 spiro atoms. The van der Waals surface area contributed by atoms with Crippen LogP contribution >= 0.6 is 34.3 Å². The summed E-state index contributed by atoms with van der Waals surface area (Å²) < 4.78 is 32.2. The van der Waals surface area contributed by atoms with Crippen LogP contribution < -0.4 is 5.32 Å². The number of benzene rings is 1. The summed E-state index contributed by atoms with van der Waals surface area (Å²) in [5.41, 5.74) is 1.94. The molecule has 3 aromatic rings. The van der Waals surface area contributed by atoms with Crippen molar-refractivity contribution in [2.24, 2.45) is 5.92 Å². The van der Waals surface area contributed by atoms with Gasteiger partial charge in [0.2, 0.25) is 5.91 Å². The van der Waals surface area contributed by atoms with Gasteiger partial charge >= 0.3 is 5.97 Å². The van der Waals surface area contributed by atoms with Gasteiger partial charge in [-0.3, -0.25) is 4.79 Å². The zero-order valence-corrected chi connectivity index (χ0v) is 20.7. The van der Waals surface area contributed by atoms with Gasteiger partial charge in [0.25, 0.3) is 10.0 Å². The molecule has 0 saturated carbocycles. The fourth-order valence-electron chi connectivity index (χ4n) is 3.49. The number of methoxy groups -OCH3 is 1. The minimum absolute atomic E-state index is 0.173. The highest BCUT2D eigenvalue weighted by Gasteiger charge is 2.33. The topological polar surface area (TPSA) is 106 Å².